The van der Waals surface area contributed by atoms with Gasteiger partial charge in [-0.2, -0.15) is 0 Å². The molecule has 0 aromatic heterocycles. The zero-order chi connectivity index (χ0) is 28.5. The van der Waals surface area contributed by atoms with Gasteiger partial charge < -0.3 is 31.3 Å². The van der Waals surface area contributed by atoms with Crippen LogP contribution in [0.3, 0.4) is 0 Å². The number of nitrogens with two attached hydrogens (primary N) is 1. The first-order valence-electron chi connectivity index (χ1n) is 15.9. The van der Waals surface area contributed by atoms with Crippen LogP contribution in [0, 0.1) is 5.92 Å². The van der Waals surface area contributed by atoms with E-state index in [0.717, 1.165) is 6.42 Å². The third-order valence-corrected chi connectivity index (χ3v) is 10.9. The number of anilines is 2. The van der Waals surface area contributed by atoms with E-state index in [1.807, 2.05) is 0 Å². The fraction of sp³-hybridized carbons (Fsp3) is 0.800. The van der Waals surface area contributed by atoms with Crippen LogP contribution in [0.4, 0.5) is 11.4 Å². The van der Waals surface area contributed by atoms with Gasteiger partial charge in [0.2, 0.25) is 0 Å². The summed E-state index contributed by atoms with van der Waals surface area (Å²) in [5.41, 5.74) is 10.6. The molecule has 1 aromatic rings. The number of benzene rings is 1. The third-order valence-electron chi connectivity index (χ3n) is 10.9. The summed E-state index contributed by atoms with van der Waals surface area (Å²) in [6.45, 7) is 8.57. The summed E-state index contributed by atoms with van der Waals surface area (Å²) in [4.78, 5) is 4.54. The largest absolute Gasteiger partial charge is 0.387 e. The number of nitrogens with zero attached hydrogens (tertiary/aromatic N) is 2. The molecule has 8 unspecified atom stereocenters. The molecule has 228 valence electrons. The summed E-state index contributed by atoms with van der Waals surface area (Å²) in [5, 5.41) is 39.5. The molecular weight excluding hydrogens is 520 g/mol. The van der Waals surface area contributed by atoms with E-state index in [4.69, 9.17) is 10.5 Å². The van der Waals surface area contributed by atoms with Crippen molar-refractivity contribution in [1.82, 2.24) is 25.8 Å². The number of rotatable bonds is 9. The van der Waals surface area contributed by atoms with Gasteiger partial charge in [-0.1, -0.05) is 13.0 Å². The molecule has 0 radical (unpaired) electrons. The molecule has 11 heteroatoms. The van der Waals surface area contributed by atoms with Gasteiger partial charge in [-0.3, -0.25) is 20.9 Å². The van der Waals surface area contributed by atoms with E-state index in [1.54, 1.807) is 0 Å². The van der Waals surface area contributed by atoms with E-state index in [2.05, 4.69) is 75.4 Å². The van der Waals surface area contributed by atoms with Gasteiger partial charge in [-0.25, -0.2) is 4.90 Å². The van der Waals surface area contributed by atoms with Crippen molar-refractivity contribution < 1.29 is 14.9 Å². The Morgan fingerprint density at radius 2 is 1.85 bits per heavy atom. The number of aliphatic hydroxyl groups excluding tert-OH is 2. The van der Waals surface area contributed by atoms with E-state index in [9.17, 15) is 10.2 Å². The van der Waals surface area contributed by atoms with E-state index >= 15 is 0 Å². The highest BCUT2D eigenvalue weighted by atomic mass is 16.6. The molecule has 6 aliphatic rings. The van der Waals surface area contributed by atoms with E-state index < -0.39 is 24.5 Å². The van der Waals surface area contributed by atoms with Gasteiger partial charge in [-0.15, -0.1) is 0 Å². The minimum absolute atomic E-state index is 0.0160. The molecule has 4 aliphatic heterocycles. The number of ether oxygens (including phenoxy) is 1. The zero-order valence-corrected chi connectivity index (χ0v) is 24.7. The maximum atomic E-state index is 11.0. The Hall–Kier alpha value is -1.54. The SMILES string of the molecule is CC(C)N(CC1OC(N2CNC3C(N)NCNC32)C(O)C1O)C1CC(CCC2Nc3ccc(C4(C)CC4)cc3N2)C1. The van der Waals surface area contributed by atoms with Gasteiger partial charge in [0.1, 0.15) is 24.5 Å². The summed E-state index contributed by atoms with van der Waals surface area (Å²) in [5.74, 6) is 0.713. The first-order chi connectivity index (χ1) is 19.7. The monoisotopic (exact) mass is 570 g/mol. The molecule has 5 fully saturated rings. The number of aliphatic hydroxyl groups is 2. The van der Waals surface area contributed by atoms with Gasteiger partial charge in [0, 0.05) is 25.3 Å². The minimum atomic E-state index is -0.963. The average Bonchev–Trinajstić information content (AvgIpc) is 3.24. The predicted octanol–water partition coefficient (Wildman–Crippen LogP) is 0.610. The van der Waals surface area contributed by atoms with Crippen molar-refractivity contribution >= 4 is 11.4 Å². The van der Waals surface area contributed by atoms with Crippen molar-refractivity contribution in [2.24, 2.45) is 11.7 Å². The molecule has 1 aromatic carbocycles. The summed E-state index contributed by atoms with van der Waals surface area (Å²) in [6.07, 6.45) is 4.44. The summed E-state index contributed by atoms with van der Waals surface area (Å²) >= 11 is 0. The molecule has 0 spiro atoms. The van der Waals surface area contributed by atoms with Crippen LogP contribution in [0.25, 0.3) is 0 Å². The minimum Gasteiger partial charge on any atom is -0.387 e. The van der Waals surface area contributed by atoms with Crippen LogP contribution < -0.4 is 32.3 Å². The summed E-state index contributed by atoms with van der Waals surface area (Å²) < 4.78 is 6.39. The van der Waals surface area contributed by atoms with Crippen molar-refractivity contribution in [3.05, 3.63) is 23.8 Å². The second-order valence-electron chi connectivity index (χ2n) is 14.0. The number of hydrogen-bond donors (Lipinski definition) is 8. The van der Waals surface area contributed by atoms with Crippen LogP contribution in [-0.2, 0) is 10.2 Å². The van der Waals surface area contributed by atoms with Crippen molar-refractivity contribution in [2.45, 2.75) is 126 Å². The molecule has 41 heavy (non-hydrogen) atoms. The lowest BCUT2D eigenvalue weighted by Crippen LogP contribution is -2.68. The first-order valence-corrected chi connectivity index (χ1v) is 15.9. The highest BCUT2D eigenvalue weighted by molar-refractivity contribution is 5.75. The van der Waals surface area contributed by atoms with Crippen molar-refractivity contribution in [3.63, 3.8) is 0 Å². The van der Waals surface area contributed by atoms with E-state index in [0.29, 0.717) is 49.5 Å². The van der Waals surface area contributed by atoms with Crippen molar-refractivity contribution in [1.29, 1.82) is 0 Å². The van der Waals surface area contributed by atoms with E-state index in [1.165, 1.54) is 49.0 Å². The first kappa shape index (κ1) is 28.2. The van der Waals surface area contributed by atoms with Crippen LogP contribution in [0.15, 0.2) is 18.2 Å². The Balaban J connectivity index is 0.894. The molecule has 8 atom stereocenters. The number of hydrogen-bond acceptors (Lipinski definition) is 11. The number of nitrogens with one attached hydrogen (secondary N) is 5. The maximum Gasteiger partial charge on any atom is 0.142 e. The molecule has 2 aliphatic carbocycles. The Labute approximate surface area is 243 Å². The quantitative estimate of drug-likeness (QED) is 0.212. The highest BCUT2D eigenvalue weighted by Gasteiger charge is 2.52. The van der Waals surface area contributed by atoms with Crippen LogP contribution in [-0.4, -0.2) is 101 Å². The summed E-state index contributed by atoms with van der Waals surface area (Å²) in [7, 11) is 0. The van der Waals surface area contributed by atoms with Gasteiger partial charge in [0.15, 0.2) is 0 Å². The van der Waals surface area contributed by atoms with Crippen LogP contribution in [0.5, 0.6) is 0 Å². The molecule has 11 nitrogen and oxygen atoms in total. The normalized spacial score (nSPS) is 41.2. The molecule has 3 saturated heterocycles. The van der Waals surface area contributed by atoms with Crippen molar-refractivity contribution in [3.8, 4) is 0 Å². The molecule has 7 rings (SSSR count). The van der Waals surface area contributed by atoms with Gasteiger partial charge >= 0.3 is 0 Å². The lowest BCUT2D eigenvalue weighted by atomic mass is 9.76. The van der Waals surface area contributed by atoms with Crippen LogP contribution in [0.1, 0.15) is 64.9 Å². The lowest BCUT2D eigenvalue weighted by Gasteiger charge is -2.46. The Morgan fingerprint density at radius 3 is 2.61 bits per heavy atom. The molecular formula is C30H50N8O3. The molecule has 4 heterocycles. The van der Waals surface area contributed by atoms with Crippen LogP contribution >= 0.6 is 0 Å². The molecule has 0 bridgehead atoms. The lowest BCUT2D eigenvalue weighted by molar-refractivity contribution is -0.112. The average molecular weight is 571 g/mol. The topological polar surface area (TPSA) is 142 Å². The standard InChI is InChI=1S/C30H50N8O3/c1-16(2)37(13-22-25(39)26(40)29(41-22)38-15-34-24-27(31)32-14-33-28(24)38)19-10-17(11-19)4-7-23-35-20-6-5-18(12-21(20)36-23)30(3)8-9-30/h5-6,12,16-17,19,22-29,32-36,39-40H,4,7-11,13-15,31H2,1-3H3. The second kappa shape index (κ2) is 10.9. The second-order valence-corrected chi connectivity index (χ2v) is 14.0. The van der Waals surface area contributed by atoms with Gasteiger partial charge in [0.05, 0.1) is 42.6 Å². The predicted molar refractivity (Wildman–Crippen MR) is 159 cm³/mol. The number of fused-ring (bicyclic) bond motifs is 2. The molecule has 9 N–H and O–H groups in total. The fourth-order valence-corrected chi connectivity index (χ4v) is 7.80. The Bertz CT molecular complexity index is 1100. The fourth-order valence-electron chi connectivity index (χ4n) is 7.80. The highest BCUT2D eigenvalue weighted by Crippen LogP contribution is 2.49. The molecule has 2 saturated carbocycles. The molecule has 0 amide bonds. The zero-order valence-electron chi connectivity index (χ0n) is 24.7. The summed E-state index contributed by atoms with van der Waals surface area (Å²) in [6, 6.07) is 7.74. The van der Waals surface area contributed by atoms with E-state index in [-0.39, 0.29) is 18.4 Å². The third kappa shape index (κ3) is 5.27. The van der Waals surface area contributed by atoms with Gasteiger partial charge in [0.25, 0.3) is 0 Å². The Kier molecular flexibility index (Phi) is 7.49. The smallest absolute Gasteiger partial charge is 0.142 e. The Morgan fingerprint density at radius 1 is 1.07 bits per heavy atom. The van der Waals surface area contributed by atoms with Crippen molar-refractivity contribution in [2.75, 3.05) is 30.5 Å². The van der Waals surface area contributed by atoms with Gasteiger partial charge in [-0.05, 0) is 81.4 Å². The maximum absolute atomic E-state index is 11.0. The van der Waals surface area contributed by atoms with Crippen LogP contribution in [0.2, 0.25) is 0 Å².